The minimum atomic E-state index is 0.808. The fourth-order valence-electron chi connectivity index (χ4n) is 5.55. The number of hydrogen-bond acceptors (Lipinski definition) is 12. The van der Waals surface area contributed by atoms with Crippen molar-refractivity contribution in [1.29, 1.82) is 0 Å². The van der Waals surface area contributed by atoms with Crippen molar-refractivity contribution in [2.45, 2.75) is 101 Å². The van der Waals surface area contributed by atoms with E-state index in [9.17, 15) is 0 Å². The molecule has 0 fully saturated rings. The number of nitrogens with two attached hydrogens (primary N) is 8. The van der Waals surface area contributed by atoms with Crippen LogP contribution in [0.25, 0.3) is 0 Å². The van der Waals surface area contributed by atoms with Gasteiger partial charge in [0.1, 0.15) is 0 Å². The number of aryl methyl sites for hydroxylation is 5. The Labute approximate surface area is 331 Å². The van der Waals surface area contributed by atoms with Gasteiger partial charge in [0.05, 0.1) is 27.6 Å². The van der Waals surface area contributed by atoms with E-state index < -0.39 is 0 Å². The fraction of sp³-hybridized carbons (Fsp3) is 0.400. The van der Waals surface area contributed by atoms with Gasteiger partial charge in [-0.25, -0.2) is 0 Å². The molecule has 0 amide bonds. The second-order valence-corrected chi connectivity index (χ2v) is 15.6. The number of thioether (sulfide) groups is 4. The number of nitrogen functional groups attached to an aromatic ring is 8. The third-order valence-electron chi connectivity index (χ3n) is 9.15. The molecule has 0 heterocycles. The van der Waals surface area contributed by atoms with Gasteiger partial charge in [0.15, 0.2) is 0 Å². The first kappa shape index (κ1) is 46.7. The minimum Gasteiger partial charge on any atom is -0.398 e. The molecule has 0 radical (unpaired) electrons. The molecular formula is C40H64N8S4. The Morgan fingerprint density at radius 2 is 0.769 bits per heavy atom. The van der Waals surface area contributed by atoms with E-state index >= 15 is 0 Å². The maximum Gasteiger partial charge on any atom is 0.0611 e. The van der Waals surface area contributed by atoms with Gasteiger partial charge in [-0.3, -0.25) is 0 Å². The van der Waals surface area contributed by atoms with Crippen molar-refractivity contribution in [1.82, 2.24) is 0 Å². The molecule has 4 aromatic rings. The Balaban J connectivity index is 0.000000347. The van der Waals surface area contributed by atoms with Crippen LogP contribution in [0.3, 0.4) is 0 Å². The quantitative estimate of drug-likeness (QED) is 0.0620. The third kappa shape index (κ3) is 11.3. The van der Waals surface area contributed by atoms with Crippen molar-refractivity contribution in [3.05, 3.63) is 68.8 Å². The molecule has 12 heteroatoms. The average molecular weight is 785 g/mol. The van der Waals surface area contributed by atoms with Crippen LogP contribution in [0.1, 0.15) is 72.2 Å². The van der Waals surface area contributed by atoms with E-state index in [2.05, 4.69) is 39.8 Å². The summed E-state index contributed by atoms with van der Waals surface area (Å²) in [5.41, 5.74) is 63.2. The van der Waals surface area contributed by atoms with Crippen LogP contribution in [-0.2, 0) is 25.7 Å². The van der Waals surface area contributed by atoms with Crippen molar-refractivity contribution in [3.63, 3.8) is 0 Å². The van der Waals surface area contributed by atoms with Crippen molar-refractivity contribution in [2.24, 2.45) is 0 Å². The molecule has 0 aliphatic carbocycles. The molecule has 0 bridgehead atoms. The van der Waals surface area contributed by atoms with Crippen molar-refractivity contribution >= 4 is 92.5 Å². The lowest BCUT2D eigenvalue weighted by Crippen LogP contribution is -2.05. The molecule has 0 aromatic heterocycles. The van der Waals surface area contributed by atoms with E-state index in [1.54, 1.807) is 47.0 Å². The minimum absolute atomic E-state index is 0.808. The molecule has 0 saturated heterocycles. The fourth-order valence-corrected chi connectivity index (χ4v) is 8.23. The molecular weight excluding hydrogens is 721 g/mol. The molecule has 8 nitrogen and oxygen atoms in total. The van der Waals surface area contributed by atoms with Crippen LogP contribution in [0, 0.1) is 27.7 Å². The standard InChI is InChI=1S/2C11H18N2.2C9H14N2S2/c1-4-8-6-9(5-2)11(13)7(3)10(8)12;1-4-8-6-7(3)10(12)9(5-2)11(8)13;1-5-8(10)6(12-2)4-7(13-3)9(5)11;1-5-4-6(12-2)8(11)9(13-3)7(5)10/h2*6H,4-5,12-13H2,1-3H3;2*4H,10-11H2,1-3H3. The Morgan fingerprint density at radius 1 is 0.385 bits per heavy atom. The SMILES string of the molecule is CCc1cc(C)c(N)c(CC)c1N.CCc1cc(CC)c(N)c(C)c1N.CSc1cc(C)c(N)c(SC)c1N.CSc1cc(SC)c(N)c(C)c1N. The highest BCUT2D eigenvalue weighted by Gasteiger charge is 2.12. The number of rotatable bonds is 8. The first-order chi connectivity index (χ1) is 24.5. The number of anilines is 8. The van der Waals surface area contributed by atoms with Crippen LogP contribution in [0.15, 0.2) is 43.8 Å². The maximum atomic E-state index is 5.99. The Bertz CT molecular complexity index is 1620. The predicted octanol–water partition coefficient (Wildman–Crippen LogP) is 9.77. The summed E-state index contributed by atoms with van der Waals surface area (Å²) in [6, 6.07) is 8.30. The van der Waals surface area contributed by atoms with Crippen LogP contribution < -0.4 is 45.9 Å². The highest BCUT2D eigenvalue weighted by atomic mass is 32.2. The van der Waals surface area contributed by atoms with E-state index in [1.807, 2.05) is 64.9 Å². The summed E-state index contributed by atoms with van der Waals surface area (Å²) in [4.78, 5) is 4.33. The normalized spacial score (nSPS) is 10.4. The van der Waals surface area contributed by atoms with Gasteiger partial charge in [0.25, 0.3) is 0 Å². The molecule has 52 heavy (non-hydrogen) atoms. The van der Waals surface area contributed by atoms with Gasteiger partial charge in [-0.05, 0) is 135 Å². The number of hydrogen-bond donors (Lipinski definition) is 8. The van der Waals surface area contributed by atoms with Gasteiger partial charge in [-0.15, -0.1) is 47.0 Å². The zero-order valence-corrected chi connectivity index (χ0v) is 36.7. The summed E-state index contributed by atoms with van der Waals surface area (Å²) in [6.45, 7) is 16.4. The van der Waals surface area contributed by atoms with Gasteiger partial charge < -0.3 is 45.9 Å². The smallest absolute Gasteiger partial charge is 0.0611 e. The lowest BCUT2D eigenvalue weighted by Gasteiger charge is -2.14. The van der Waals surface area contributed by atoms with Crippen LogP contribution in [0.2, 0.25) is 0 Å². The van der Waals surface area contributed by atoms with E-state index in [0.717, 1.165) is 119 Å². The molecule has 4 aromatic carbocycles. The molecule has 0 spiro atoms. The summed E-state index contributed by atoms with van der Waals surface area (Å²) in [5, 5.41) is 0. The van der Waals surface area contributed by atoms with Gasteiger partial charge in [-0.1, -0.05) is 39.8 Å². The summed E-state index contributed by atoms with van der Waals surface area (Å²) < 4.78 is 0. The topological polar surface area (TPSA) is 208 Å². The zero-order chi connectivity index (χ0) is 40.0. The third-order valence-corrected chi connectivity index (χ3v) is 12.3. The Morgan fingerprint density at radius 3 is 1.15 bits per heavy atom. The molecule has 4 rings (SSSR count). The highest BCUT2D eigenvalue weighted by Crippen LogP contribution is 2.39. The van der Waals surface area contributed by atoms with Crippen LogP contribution in [-0.4, -0.2) is 25.0 Å². The lowest BCUT2D eigenvalue weighted by atomic mass is 9.98. The molecule has 0 aliphatic rings. The first-order valence-electron chi connectivity index (χ1n) is 17.3. The molecule has 0 unspecified atom stereocenters. The second kappa shape index (κ2) is 22.0. The van der Waals surface area contributed by atoms with E-state index in [1.165, 1.54) is 16.7 Å². The van der Waals surface area contributed by atoms with Gasteiger partial charge in [0, 0.05) is 37.4 Å². The lowest BCUT2D eigenvalue weighted by molar-refractivity contribution is 1.08. The monoisotopic (exact) mass is 784 g/mol. The summed E-state index contributed by atoms with van der Waals surface area (Å²) in [6.07, 6.45) is 11.9. The maximum absolute atomic E-state index is 5.99. The van der Waals surface area contributed by atoms with Crippen molar-refractivity contribution < 1.29 is 0 Å². The van der Waals surface area contributed by atoms with Crippen molar-refractivity contribution in [2.75, 3.05) is 70.9 Å². The molecule has 0 saturated carbocycles. The van der Waals surface area contributed by atoms with Crippen LogP contribution in [0.4, 0.5) is 45.5 Å². The zero-order valence-electron chi connectivity index (χ0n) is 33.4. The first-order valence-corrected chi connectivity index (χ1v) is 22.2. The summed E-state index contributed by atoms with van der Waals surface area (Å²) in [7, 11) is 0. The van der Waals surface area contributed by atoms with Crippen molar-refractivity contribution in [3.8, 4) is 0 Å². The Kier molecular flexibility index (Phi) is 19.8. The number of benzene rings is 4. The van der Waals surface area contributed by atoms with Crippen LogP contribution in [0.5, 0.6) is 0 Å². The molecule has 0 aliphatic heterocycles. The summed E-state index contributed by atoms with van der Waals surface area (Å²) in [5.74, 6) is 0. The van der Waals surface area contributed by atoms with E-state index in [-0.39, 0.29) is 0 Å². The highest BCUT2D eigenvalue weighted by molar-refractivity contribution is 8.00. The molecule has 16 N–H and O–H groups in total. The summed E-state index contributed by atoms with van der Waals surface area (Å²) >= 11 is 6.56. The molecule has 0 atom stereocenters. The van der Waals surface area contributed by atoms with Crippen LogP contribution >= 0.6 is 47.0 Å². The average Bonchev–Trinajstić information content (AvgIpc) is 3.14. The second-order valence-electron chi connectivity index (χ2n) is 12.2. The van der Waals surface area contributed by atoms with Gasteiger partial charge in [0.2, 0.25) is 0 Å². The largest absolute Gasteiger partial charge is 0.398 e. The molecule has 288 valence electrons. The van der Waals surface area contributed by atoms with Gasteiger partial charge >= 0.3 is 0 Å². The Hall–Kier alpha value is -3.32. The predicted molar refractivity (Wildman–Crippen MR) is 245 cm³/mol. The van der Waals surface area contributed by atoms with E-state index in [0.29, 0.717) is 0 Å². The van der Waals surface area contributed by atoms with Gasteiger partial charge in [-0.2, -0.15) is 0 Å². The van der Waals surface area contributed by atoms with E-state index in [4.69, 9.17) is 45.9 Å².